The number of aliphatic carboxylic acids is 1. The quantitative estimate of drug-likeness (QED) is 0.785. The number of ether oxygens (including phenoxy) is 1. The van der Waals surface area contributed by atoms with Gasteiger partial charge in [0, 0.05) is 6.07 Å². The summed E-state index contributed by atoms with van der Waals surface area (Å²) in [6.45, 7) is 3.02. The molecule has 0 spiro atoms. The molecule has 0 bridgehead atoms. The van der Waals surface area contributed by atoms with Crippen molar-refractivity contribution < 1.29 is 28.2 Å². The number of sulfone groups is 1. The van der Waals surface area contributed by atoms with E-state index in [9.17, 15) is 18.3 Å². The number of carboxylic acid groups (broad SMARTS) is 1. The van der Waals surface area contributed by atoms with Crippen molar-refractivity contribution in [2.24, 2.45) is 0 Å². The fraction of sp³-hybridized carbons (Fsp3) is 0.235. The molecule has 0 fully saturated rings. The summed E-state index contributed by atoms with van der Waals surface area (Å²) in [7, 11) is -3.39. The van der Waals surface area contributed by atoms with Gasteiger partial charge in [0.05, 0.1) is 21.6 Å². The van der Waals surface area contributed by atoms with Gasteiger partial charge in [-0.15, -0.1) is 0 Å². The lowest BCUT2D eigenvalue weighted by Gasteiger charge is -2.13. The van der Waals surface area contributed by atoms with Crippen molar-refractivity contribution in [3.05, 3.63) is 47.0 Å². The molecule has 0 saturated carbocycles. The Morgan fingerprint density at radius 3 is 2.48 bits per heavy atom. The molecule has 8 heteroatoms. The number of halogens is 1. The van der Waals surface area contributed by atoms with Crippen LogP contribution < -0.4 is 4.74 Å². The summed E-state index contributed by atoms with van der Waals surface area (Å²) < 4.78 is 29.3. The van der Waals surface area contributed by atoms with E-state index in [4.69, 9.17) is 21.4 Å². The molecule has 0 aliphatic carbocycles. The van der Waals surface area contributed by atoms with Crippen LogP contribution in [0.4, 0.5) is 0 Å². The van der Waals surface area contributed by atoms with E-state index in [1.807, 2.05) is 0 Å². The first-order valence-electron chi connectivity index (χ1n) is 7.41. The van der Waals surface area contributed by atoms with Gasteiger partial charge in [-0.25, -0.2) is 8.42 Å². The highest BCUT2D eigenvalue weighted by atomic mass is 35.5. The van der Waals surface area contributed by atoms with Crippen LogP contribution in [-0.2, 0) is 14.6 Å². The van der Waals surface area contributed by atoms with Gasteiger partial charge in [0.1, 0.15) is 17.2 Å². The minimum absolute atomic E-state index is 0.0491. The molecule has 2 aromatic rings. The fourth-order valence-electron chi connectivity index (χ4n) is 2.11. The van der Waals surface area contributed by atoms with Gasteiger partial charge in [0.25, 0.3) is 0 Å². The molecule has 0 heterocycles. The summed E-state index contributed by atoms with van der Waals surface area (Å²) >= 11 is 6.09. The number of aromatic hydroxyl groups is 1. The fourth-order valence-corrected chi connectivity index (χ4v) is 3.30. The smallest absolute Gasteiger partial charge is 0.310 e. The number of phenols is 1. The SMILES string of the molecule is CCS(=O)(=O)c1ccc(Oc2cc(O)cc(C(C)C(=O)O)c2)c(Cl)c1. The molecule has 0 saturated heterocycles. The second-order valence-electron chi connectivity index (χ2n) is 5.42. The van der Waals surface area contributed by atoms with E-state index in [-0.39, 0.29) is 32.9 Å². The molecule has 1 atom stereocenters. The van der Waals surface area contributed by atoms with E-state index in [1.165, 1.54) is 50.2 Å². The highest BCUT2D eigenvalue weighted by Gasteiger charge is 2.17. The van der Waals surface area contributed by atoms with E-state index in [2.05, 4.69) is 0 Å². The van der Waals surface area contributed by atoms with Gasteiger partial charge >= 0.3 is 5.97 Å². The topological polar surface area (TPSA) is 101 Å². The second kappa shape index (κ2) is 7.33. The van der Waals surface area contributed by atoms with Gasteiger partial charge in [0.15, 0.2) is 9.84 Å². The summed E-state index contributed by atoms with van der Waals surface area (Å²) in [6, 6.07) is 8.21. The predicted octanol–water partition coefficient (Wildman–Crippen LogP) is 3.82. The maximum atomic E-state index is 11.9. The molecule has 2 rings (SSSR count). The zero-order chi connectivity index (χ0) is 18.8. The Morgan fingerprint density at radius 2 is 1.92 bits per heavy atom. The van der Waals surface area contributed by atoms with Gasteiger partial charge in [-0.3, -0.25) is 4.79 Å². The molecule has 0 aliphatic rings. The van der Waals surface area contributed by atoms with Crippen molar-refractivity contribution in [1.82, 2.24) is 0 Å². The average Bonchev–Trinajstić information content (AvgIpc) is 2.55. The maximum Gasteiger partial charge on any atom is 0.310 e. The third-order valence-electron chi connectivity index (χ3n) is 3.65. The number of rotatable bonds is 6. The zero-order valence-corrected chi connectivity index (χ0v) is 15.1. The number of hydrogen-bond acceptors (Lipinski definition) is 5. The van der Waals surface area contributed by atoms with E-state index in [0.29, 0.717) is 5.56 Å². The lowest BCUT2D eigenvalue weighted by Crippen LogP contribution is -2.07. The molecule has 0 amide bonds. The standard InChI is InChI=1S/C17H17ClO6S/c1-3-25(22,23)14-4-5-16(15(18)9-14)24-13-7-11(6-12(19)8-13)10(2)17(20)21/h4-10,19H,3H2,1-2H3,(H,20,21). The van der Waals surface area contributed by atoms with Crippen LogP contribution in [0.1, 0.15) is 25.3 Å². The highest BCUT2D eigenvalue weighted by molar-refractivity contribution is 7.91. The zero-order valence-electron chi connectivity index (χ0n) is 13.6. The molecular weight excluding hydrogens is 368 g/mol. The number of carboxylic acids is 1. The van der Waals surface area contributed by atoms with Crippen LogP contribution >= 0.6 is 11.6 Å². The predicted molar refractivity (Wildman–Crippen MR) is 93.4 cm³/mol. The molecule has 0 radical (unpaired) electrons. The van der Waals surface area contributed by atoms with Crippen LogP contribution in [0.2, 0.25) is 5.02 Å². The Labute approximate surface area is 150 Å². The van der Waals surface area contributed by atoms with Gasteiger partial charge < -0.3 is 14.9 Å². The molecule has 0 aromatic heterocycles. The highest BCUT2D eigenvalue weighted by Crippen LogP contribution is 2.34. The number of phenolic OH excluding ortho intramolecular Hbond substituents is 1. The Hall–Kier alpha value is -2.25. The molecule has 25 heavy (non-hydrogen) atoms. The largest absolute Gasteiger partial charge is 0.508 e. The van der Waals surface area contributed by atoms with Crippen LogP contribution in [0.25, 0.3) is 0 Å². The van der Waals surface area contributed by atoms with Gasteiger partial charge in [-0.1, -0.05) is 18.5 Å². The summed E-state index contributed by atoms with van der Waals surface area (Å²) in [4.78, 5) is 11.2. The number of benzene rings is 2. The van der Waals surface area contributed by atoms with Crippen LogP contribution in [-0.4, -0.2) is 30.4 Å². The number of hydrogen-bond donors (Lipinski definition) is 2. The van der Waals surface area contributed by atoms with Gasteiger partial charge in [0.2, 0.25) is 0 Å². The van der Waals surface area contributed by atoms with Crippen LogP contribution in [0.3, 0.4) is 0 Å². The maximum absolute atomic E-state index is 11.9. The van der Waals surface area contributed by atoms with Crippen molar-refractivity contribution >= 4 is 27.4 Å². The van der Waals surface area contributed by atoms with Crippen LogP contribution in [0, 0.1) is 0 Å². The Balaban J connectivity index is 2.36. The molecule has 2 N–H and O–H groups in total. The number of carbonyl (C=O) groups is 1. The summed E-state index contributed by atoms with van der Waals surface area (Å²) in [6.07, 6.45) is 0. The van der Waals surface area contributed by atoms with Crippen molar-refractivity contribution in [3.8, 4) is 17.2 Å². The lowest BCUT2D eigenvalue weighted by molar-refractivity contribution is -0.138. The Bertz CT molecular complexity index is 907. The average molecular weight is 385 g/mol. The molecule has 6 nitrogen and oxygen atoms in total. The van der Waals surface area contributed by atoms with Gasteiger partial charge in [-0.05, 0) is 42.8 Å². The van der Waals surface area contributed by atoms with Gasteiger partial charge in [-0.2, -0.15) is 0 Å². The first kappa shape index (κ1) is 19.1. The van der Waals surface area contributed by atoms with Crippen molar-refractivity contribution in [2.45, 2.75) is 24.7 Å². The minimum atomic E-state index is -3.39. The lowest BCUT2D eigenvalue weighted by atomic mass is 10.0. The third-order valence-corrected chi connectivity index (χ3v) is 5.68. The van der Waals surface area contributed by atoms with Crippen molar-refractivity contribution in [2.75, 3.05) is 5.75 Å². The second-order valence-corrected chi connectivity index (χ2v) is 8.10. The molecule has 2 aromatic carbocycles. The van der Waals surface area contributed by atoms with E-state index in [1.54, 1.807) is 0 Å². The first-order valence-corrected chi connectivity index (χ1v) is 9.44. The van der Waals surface area contributed by atoms with Crippen molar-refractivity contribution in [1.29, 1.82) is 0 Å². The van der Waals surface area contributed by atoms with Crippen LogP contribution in [0.15, 0.2) is 41.3 Å². The normalized spacial score (nSPS) is 12.6. The Kier molecular flexibility index (Phi) is 5.59. The summed E-state index contributed by atoms with van der Waals surface area (Å²) in [5.74, 6) is -1.69. The monoisotopic (exact) mass is 384 g/mol. The van der Waals surface area contributed by atoms with Crippen LogP contribution in [0.5, 0.6) is 17.2 Å². The molecular formula is C17H17ClO6S. The van der Waals surface area contributed by atoms with Crippen molar-refractivity contribution in [3.63, 3.8) is 0 Å². The van der Waals surface area contributed by atoms with E-state index >= 15 is 0 Å². The minimum Gasteiger partial charge on any atom is -0.508 e. The Morgan fingerprint density at radius 1 is 1.24 bits per heavy atom. The molecule has 0 aliphatic heterocycles. The molecule has 1 unspecified atom stereocenters. The summed E-state index contributed by atoms with van der Waals surface area (Å²) in [5.41, 5.74) is 0.365. The molecule has 134 valence electrons. The van der Waals surface area contributed by atoms with E-state index in [0.717, 1.165) is 0 Å². The van der Waals surface area contributed by atoms with E-state index < -0.39 is 21.7 Å². The third kappa shape index (κ3) is 4.43. The first-order chi connectivity index (χ1) is 11.6. The summed E-state index contributed by atoms with van der Waals surface area (Å²) in [5, 5.41) is 18.9.